The first-order valence-corrected chi connectivity index (χ1v) is 9.87. The molecule has 1 fully saturated rings. The maximum Gasteiger partial charge on any atom is 0.0701 e. The molecule has 1 saturated heterocycles. The fourth-order valence-corrected chi connectivity index (χ4v) is 4.89. The molecular weight excluding hydrogens is 344 g/mol. The second-order valence-electron chi connectivity index (χ2n) is 6.43. The van der Waals surface area contributed by atoms with Gasteiger partial charge < -0.3 is 5.32 Å². The summed E-state index contributed by atoms with van der Waals surface area (Å²) in [6, 6.07) is 5.10. The molecule has 0 radical (unpaired) electrons. The van der Waals surface area contributed by atoms with Gasteiger partial charge in [-0.15, -0.1) is 11.3 Å². The molecule has 0 aliphatic carbocycles. The van der Waals surface area contributed by atoms with E-state index in [1.54, 1.807) is 0 Å². The maximum absolute atomic E-state index is 3.87. The summed E-state index contributed by atoms with van der Waals surface area (Å²) >= 11 is 5.46. The summed E-state index contributed by atoms with van der Waals surface area (Å²) in [4.78, 5) is 4.20. The molecular formula is C17H29BrN2S. The molecule has 2 atom stereocenters. The highest BCUT2D eigenvalue weighted by Gasteiger charge is 2.38. The van der Waals surface area contributed by atoms with Gasteiger partial charge in [0, 0.05) is 36.1 Å². The van der Waals surface area contributed by atoms with Gasteiger partial charge in [0.2, 0.25) is 0 Å². The van der Waals surface area contributed by atoms with Gasteiger partial charge in [-0.3, -0.25) is 4.90 Å². The molecule has 2 unspecified atom stereocenters. The van der Waals surface area contributed by atoms with Gasteiger partial charge in [-0.2, -0.15) is 0 Å². The molecule has 21 heavy (non-hydrogen) atoms. The monoisotopic (exact) mass is 372 g/mol. The molecule has 1 aromatic rings. The van der Waals surface area contributed by atoms with E-state index in [9.17, 15) is 0 Å². The van der Waals surface area contributed by atoms with Gasteiger partial charge in [-0.05, 0) is 46.8 Å². The van der Waals surface area contributed by atoms with E-state index >= 15 is 0 Å². The Balaban J connectivity index is 2.16. The molecule has 2 heterocycles. The third kappa shape index (κ3) is 4.10. The third-order valence-electron chi connectivity index (χ3n) is 5.30. The zero-order valence-electron chi connectivity index (χ0n) is 13.8. The van der Waals surface area contributed by atoms with Crippen LogP contribution < -0.4 is 5.32 Å². The summed E-state index contributed by atoms with van der Waals surface area (Å²) in [5.41, 5.74) is 0.304. The van der Waals surface area contributed by atoms with Crippen LogP contribution in [0.5, 0.6) is 0 Å². The third-order valence-corrected chi connectivity index (χ3v) is 6.91. The number of nitrogens with one attached hydrogen (secondary N) is 1. The number of rotatable bonds is 6. The Morgan fingerprint density at radius 2 is 2.10 bits per heavy atom. The van der Waals surface area contributed by atoms with Crippen molar-refractivity contribution in [3.63, 3.8) is 0 Å². The van der Waals surface area contributed by atoms with Gasteiger partial charge >= 0.3 is 0 Å². The number of piperazine rings is 1. The first kappa shape index (κ1) is 17.5. The summed E-state index contributed by atoms with van der Waals surface area (Å²) in [5, 5.41) is 3.87. The van der Waals surface area contributed by atoms with Gasteiger partial charge in [-0.1, -0.05) is 34.1 Å². The molecule has 0 spiro atoms. The molecule has 1 N–H and O–H groups in total. The standard InChI is InChI=1S/C17H29BrN2S/c1-5-13(4)15-10-19-17(6-2,7-3)12-20(15)11-14-8-9-16(18)21-14/h8-9,13,15,19H,5-7,10-12H2,1-4H3. The Morgan fingerprint density at radius 1 is 1.38 bits per heavy atom. The van der Waals surface area contributed by atoms with Gasteiger partial charge in [0.25, 0.3) is 0 Å². The molecule has 1 aliphatic rings. The van der Waals surface area contributed by atoms with Crippen molar-refractivity contribution >= 4 is 27.3 Å². The van der Waals surface area contributed by atoms with Gasteiger partial charge in [0.15, 0.2) is 0 Å². The average molecular weight is 373 g/mol. The minimum Gasteiger partial charge on any atom is -0.308 e. The Labute approximate surface area is 142 Å². The Kier molecular flexibility index (Phi) is 6.30. The minimum absolute atomic E-state index is 0.304. The predicted octanol–water partition coefficient (Wildman–Crippen LogP) is 4.89. The lowest BCUT2D eigenvalue weighted by Crippen LogP contribution is -2.64. The maximum atomic E-state index is 3.87. The van der Waals surface area contributed by atoms with Crippen LogP contribution in [-0.2, 0) is 6.54 Å². The second kappa shape index (κ2) is 7.58. The summed E-state index contributed by atoms with van der Waals surface area (Å²) in [6.07, 6.45) is 3.67. The first-order chi connectivity index (χ1) is 10.0. The van der Waals surface area contributed by atoms with Crippen LogP contribution in [0.15, 0.2) is 15.9 Å². The summed E-state index contributed by atoms with van der Waals surface area (Å²) in [7, 11) is 0. The summed E-state index contributed by atoms with van der Waals surface area (Å²) in [6.45, 7) is 12.7. The smallest absolute Gasteiger partial charge is 0.0701 e. The molecule has 1 aromatic heterocycles. The van der Waals surface area contributed by atoms with Crippen LogP contribution in [0.1, 0.15) is 51.8 Å². The molecule has 0 amide bonds. The average Bonchev–Trinajstić information content (AvgIpc) is 2.91. The topological polar surface area (TPSA) is 15.3 Å². The van der Waals surface area contributed by atoms with Crippen LogP contribution in [-0.4, -0.2) is 29.6 Å². The fourth-order valence-electron chi connectivity index (χ4n) is 3.38. The quantitative estimate of drug-likeness (QED) is 0.764. The highest BCUT2D eigenvalue weighted by atomic mass is 79.9. The van der Waals surface area contributed by atoms with Gasteiger partial charge in [0.1, 0.15) is 0 Å². The van der Waals surface area contributed by atoms with Crippen LogP contribution >= 0.6 is 27.3 Å². The van der Waals surface area contributed by atoms with E-state index < -0.39 is 0 Å². The Bertz CT molecular complexity index is 442. The van der Waals surface area contributed by atoms with Crippen molar-refractivity contribution < 1.29 is 0 Å². The number of nitrogens with zero attached hydrogens (tertiary/aromatic N) is 1. The number of hydrogen-bond acceptors (Lipinski definition) is 3. The second-order valence-corrected chi connectivity index (χ2v) is 8.98. The van der Waals surface area contributed by atoms with Crippen molar-refractivity contribution in [2.75, 3.05) is 13.1 Å². The molecule has 0 saturated carbocycles. The van der Waals surface area contributed by atoms with Crippen molar-refractivity contribution in [1.29, 1.82) is 0 Å². The zero-order chi connectivity index (χ0) is 15.5. The summed E-state index contributed by atoms with van der Waals surface area (Å²) < 4.78 is 1.24. The largest absolute Gasteiger partial charge is 0.308 e. The molecule has 4 heteroatoms. The first-order valence-electron chi connectivity index (χ1n) is 8.26. The van der Waals surface area contributed by atoms with Crippen LogP contribution in [0, 0.1) is 5.92 Å². The number of thiophene rings is 1. The molecule has 0 bridgehead atoms. The van der Waals surface area contributed by atoms with E-state index in [-0.39, 0.29) is 0 Å². The highest BCUT2D eigenvalue weighted by molar-refractivity contribution is 9.11. The normalized spacial score (nSPS) is 24.1. The Hall–Kier alpha value is 0.1000. The van der Waals surface area contributed by atoms with E-state index in [4.69, 9.17) is 0 Å². The van der Waals surface area contributed by atoms with E-state index in [0.29, 0.717) is 11.6 Å². The van der Waals surface area contributed by atoms with Crippen molar-refractivity contribution in [1.82, 2.24) is 10.2 Å². The molecule has 2 rings (SSSR count). The van der Waals surface area contributed by atoms with E-state index in [2.05, 4.69) is 66.0 Å². The van der Waals surface area contributed by atoms with Gasteiger partial charge in [0.05, 0.1) is 3.79 Å². The zero-order valence-corrected chi connectivity index (χ0v) is 16.2. The predicted molar refractivity (Wildman–Crippen MR) is 97.0 cm³/mol. The lowest BCUT2D eigenvalue weighted by atomic mass is 9.85. The van der Waals surface area contributed by atoms with Crippen LogP contribution in [0.3, 0.4) is 0 Å². The van der Waals surface area contributed by atoms with Crippen molar-refractivity contribution in [3.8, 4) is 0 Å². The molecule has 120 valence electrons. The number of hydrogen-bond donors (Lipinski definition) is 1. The lowest BCUT2D eigenvalue weighted by Gasteiger charge is -2.49. The summed E-state index contributed by atoms with van der Waals surface area (Å²) in [5.74, 6) is 0.743. The van der Waals surface area contributed by atoms with Crippen molar-refractivity contribution in [2.24, 2.45) is 5.92 Å². The molecule has 2 nitrogen and oxygen atoms in total. The minimum atomic E-state index is 0.304. The SMILES string of the molecule is CCC(C)C1CNC(CC)(CC)CN1Cc1ccc(Br)s1. The number of halogens is 1. The van der Waals surface area contributed by atoms with Crippen molar-refractivity contribution in [3.05, 3.63) is 20.8 Å². The molecule has 1 aliphatic heterocycles. The Morgan fingerprint density at radius 3 is 2.62 bits per heavy atom. The lowest BCUT2D eigenvalue weighted by molar-refractivity contribution is 0.0402. The highest BCUT2D eigenvalue weighted by Crippen LogP contribution is 2.30. The van der Waals surface area contributed by atoms with Crippen LogP contribution in [0.25, 0.3) is 0 Å². The van der Waals surface area contributed by atoms with E-state index in [1.165, 1.54) is 34.5 Å². The van der Waals surface area contributed by atoms with Gasteiger partial charge in [-0.25, -0.2) is 0 Å². The van der Waals surface area contributed by atoms with E-state index in [0.717, 1.165) is 19.0 Å². The van der Waals surface area contributed by atoms with Crippen LogP contribution in [0.4, 0.5) is 0 Å². The molecule has 0 aromatic carbocycles. The fraction of sp³-hybridized carbons (Fsp3) is 0.765. The van der Waals surface area contributed by atoms with Crippen LogP contribution in [0.2, 0.25) is 0 Å². The van der Waals surface area contributed by atoms with Crippen molar-refractivity contribution in [2.45, 2.75) is 65.1 Å². The van der Waals surface area contributed by atoms with E-state index in [1.807, 2.05) is 11.3 Å².